The standard InChI is InChI=1S/C65H127NO5/c1-3-5-7-9-11-13-15-17-19-21-23-25-27-29-31-32-33-35-36-38-40-42-44-46-48-50-52-54-56-58-62(68)64(70)61(60-67)66-65(71)63(69)59-57-55-53-51-49-47-45-43-41-39-37-34-30-28-26-24-22-20-18-16-14-12-10-8-6-4-2/h24,26,30,34,61-64,67-70H,3-23,25,27-29,31-33,35-60H2,1-2H3,(H,66,71)/b26-24-,34-30-. The molecule has 0 rings (SSSR count). The minimum absolute atomic E-state index is 0.367. The topological polar surface area (TPSA) is 110 Å². The van der Waals surface area contributed by atoms with Crippen LogP contribution in [0.15, 0.2) is 24.3 Å². The Morgan fingerprint density at radius 3 is 0.887 bits per heavy atom. The molecule has 5 N–H and O–H groups in total. The van der Waals surface area contributed by atoms with Crippen molar-refractivity contribution in [3.8, 4) is 0 Å². The van der Waals surface area contributed by atoms with E-state index in [9.17, 15) is 25.2 Å². The van der Waals surface area contributed by atoms with E-state index in [1.807, 2.05) is 0 Å². The molecule has 6 heteroatoms. The fourth-order valence-electron chi connectivity index (χ4n) is 10.4. The summed E-state index contributed by atoms with van der Waals surface area (Å²) in [6, 6.07) is -0.987. The molecule has 4 atom stereocenters. The number of aliphatic hydroxyl groups excluding tert-OH is 4. The van der Waals surface area contributed by atoms with Gasteiger partial charge >= 0.3 is 0 Å². The number of hydrogen-bond donors (Lipinski definition) is 5. The molecule has 0 radical (unpaired) electrons. The Morgan fingerprint density at radius 1 is 0.352 bits per heavy atom. The zero-order valence-electron chi connectivity index (χ0n) is 48.0. The molecule has 422 valence electrons. The van der Waals surface area contributed by atoms with E-state index in [0.717, 1.165) is 44.9 Å². The number of allylic oxidation sites excluding steroid dienone is 4. The van der Waals surface area contributed by atoms with E-state index in [2.05, 4.69) is 43.5 Å². The van der Waals surface area contributed by atoms with Crippen LogP contribution in [0.3, 0.4) is 0 Å². The van der Waals surface area contributed by atoms with Gasteiger partial charge in [-0.25, -0.2) is 0 Å². The highest BCUT2D eigenvalue weighted by Crippen LogP contribution is 2.19. The summed E-state index contributed by atoms with van der Waals surface area (Å²) in [6.07, 6.45) is 74.2. The average molecular weight is 1000 g/mol. The van der Waals surface area contributed by atoms with Crippen LogP contribution in [0, 0.1) is 0 Å². The number of amides is 1. The van der Waals surface area contributed by atoms with Crippen LogP contribution in [0.4, 0.5) is 0 Å². The first kappa shape index (κ1) is 69.8. The van der Waals surface area contributed by atoms with E-state index in [-0.39, 0.29) is 0 Å². The van der Waals surface area contributed by atoms with Gasteiger partial charge in [-0.3, -0.25) is 4.79 Å². The number of rotatable bonds is 60. The highest BCUT2D eigenvalue weighted by atomic mass is 16.3. The Labute approximate surface area is 444 Å². The highest BCUT2D eigenvalue weighted by Gasteiger charge is 2.28. The summed E-state index contributed by atoms with van der Waals surface area (Å²) < 4.78 is 0. The third-order valence-electron chi connectivity index (χ3n) is 15.4. The first-order chi connectivity index (χ1) is 35.0. The van der Waals surface area contributed by atoms with Crippen LogP contribution in [0.1, 0.15) is 354 Å². The summed E-state index contributed by atoms with van der Waals surface area (Å²) in [5.41, 5.74) is 0. The van der Waals surface area contributed by atoms with Gasteiger partial charge < -0.3 is 25.7 Å². The summed E-state index contributed by atoms with van der Waals surface area (Å²) in [5.74, 6) is -0.581. The first-order valence-electron chi connectivity index (χ1n) is 32.2. The van der Waals surface area contributed by atoms with Crippen LogP contribution in [-0.2, 0) is 4.79 Å². The molecule has 0 aromatic carbocycles. The summed E-state index contributed by atoms with van der Waals surface area (Å²) in [5, 5.41) is 44.2. The molecule has 0 aliphatic carbocycles. The quantitative estimate of drug-likeness (QED) is 0.0308. The Bertz CT molecular complexity index is 1080. The molecule has 0 aromatic rings. The summed E-state index contributed by atoms with van der Waals surface area (Å²) in [7, 11) is 0. The van der Waals surface area contributed by atoms with Crippen molar-refractivity contribution in [1.82, 2.24) is 5.32 Å². The van der Waals surface area contributed by atoms with E-state index >= 15 is 0 Å². The zero-order valence-corrected chi connectivity index (χ0v) is 48.0. The summed E-state index contributed by atoms with van der Waals surface area (Å²) >= 11 is 0. The lowest BCUT2D eigenvalue weighted by Crippen LogP contribution is -2.53. The number of carbonyl (C=O) groups is 1. The van der Waals surface area contributed by atoms with Gasteiger partial charge in [0.05, 0.1) is 18.8 Å². The van der Waals surface area contributed by atoms with Crippen molar-refractivity contribution in [2.24, 2.45) is 0 Å². The third-order valence-corrected chi connectivity index (χ3v) is 15.4. The molecule has 0 aromatic heterocycles. The normalized spacial score (nSPS) is 13.7. The minimum Gasteiger partial charge on any atom is -0.394 e. The average Bonchev–Trinajstić information content (AvgIpc) is 3.38. The molecule has 0 fully saturated rings. The third kappa shape index (κ3) is 53.4. The van der Waals surface area contributed by atoms with Gasteiger partial charge in [0.1, 0.15) is 12.2 Å². The number of carbonyl (C=O) groups excluding carboxylic acids is 1. The van der Waals surface area contributed by atoms with Crippen molar-refractivity contribution in [2.45, 2.75) is 379 Å². The Morgan fingerprint density at radius 2 is 0.606 bits per heavy atom. The van der Waals surface area contributed by atoms with Gasteiger partial charge in [-0.05, 0) is 44.9 Å². The number of aliphatic hydroxyl groups is 4. The van der Waals surface area contributed by atoms with Crippen molar-refractivity contribution in [3.63, 3.8) is 0 Å². The van der Waals surface area contributed by atoms with Gasteiger partial charge in [0.25, 0.3) is 0 Å². The Balaban J connectivity index is 3.57. The van der Waals surface area contributed by atoms with Crippen LogP contribution in [0.5, 0.6) is 0 Å². The van der Waals surface area contributed by atoms with Crippen LogP contribution in [0.25, 0.3) is 0 Å². The van der Waals surface area contributed by atoms with Crippen molar-refractivity contribution in [3.05, 3.63) is 24.3 Å². The summed E-state index contributed by atoms with van der Waals surface area (Å²) in [4.78, 5) is 12.6. The number of unbranched alkanes of at least 4 members (excludes halogenated alkanes) is 47. The Kier molecular flexibility index (Phi) is 58.6. The number of hydrogen-bond acceptors (Lipinski definition) is 5. The maximum Gasteiger partial charge on any atom is 0.249 e. The zero-order chi connectivity index (χ0) is 51.6. The van der Waals surface area contributed by atoms with E-state index in [1.165, 1.54) is 283 Å². The van der Waals surface area contributed by atoms with Gasteiger partial charge in [0.15, 0.2) is 0 Å². The molecule has 0 saturated carbocycles. The van der Waals surface area contributed by atoms with Gasteiger partial charge in [0, 0.05) is 0 Å². The van der Waals surface area contributed by atoms with Gasteiger partial charge in [0.2, 0.25) is 5.91 Å². The van der Waals surface area contributed by atoms with E-state index in [1.54, 1.807) is 0 Å². The van der Waals surface area contributed by atoms with E-state index < -0.39 is 36.9 Å². The maximum absolute atomic E-state index is 12.6. The SMILES string of the molecule is CCCCCCCCCCC/C=C\C/C=C\CCCCCCCCCCCCC(O)C(=O)NC(CO)C(O)C(O)CCCCCCCCCCCCCCCCCCCCCCCCCCCCCCC. The molecule has 71 heavy (non-hydrogen) atoms. The molecule has 4 unspecified atom stereocenters. The predicted octanol–water partition coefficient (Wildman–Crippen LogP) is 19.4. The lowest BCUT2D eigenvalue weighted by molar-refractivity contribution is -0.132. The van der Waals surface area contributed by atoms with Gasteiger partial charge in [-0.15, -0.1) is 0 Å². The molecule has 0 heterocycles. The van der Waals surface area contributed by atoms with Crippen molar-refractivity contribution in [2.75, 3.05) is 6.61 Å². The van der Waals surface area contributed by atoms with Crippen LogP contribution in [0.2, 0.25) is 0 Å². The van der Waals surface area contributed by atoms with Crippen molar-refractivity contribution in [1.29, 1.82) is 0 Å². The molecule has 6 nitrogen and oxygen atoms in total. The lowest BCUT2D eigenvalue weighted by atomic mass is 9.99. The molecule has 0 aliphatic rings. The van der Waals surface area contributed by atoms with E-state index in [0.29, 0.717) is 12.8 Å². The largest absolute Gasteiger partial charge is 0.394 e. The molecule has 1 amide bonds. The van der Waals surface area contributed by atoms with E-state index in [4.69, 9.17) is 0 Å². The molecule has 0 saturated heterocycles. The Hall–Kier alpha value is -1.21. The first-order valence-corrected chi connectivity index (χ1v) is 32.2. The van der Waals surface area contributed by atoms with Crippen LogP contribution < -0.4 is 5.32 Å². The summed E-state index contributed by atoms with van der Waals surface area (Å²) in [6.45, 7) is 4.10. The highest BCUT2D eigenvalue weighted by molar-refractivity contribution is 5.80. The fourth-order valence-corrected chi connectivity index (χ4v) is 10.4. The molecular formula is C65H127NO5. The van der Waals surface area contributed by atoms with Gasteiger partial charge in [-0.2, -0.15) is 0 Å². The maximum atomic E-state index is 12.6. The molecule has 0 spiro atoms. The minimum atomic E-state index is -1.26. The fraction of sp³-hybridized carbons (Fsp3) is 0.923. The second-order valence-corrected chi connectivity index (χ2v) is 22.5. The molecular weight excluding hydrogens is 875 g/mol. The second kappa shape index (κ2) is 59.7. The molecule has 0 aliphatic heterocycles. The lowest BCUT2D eigenvalue weighted by Gasteiger charge is -2.27. The second-order valence-electron chi connectivity index (χ2n) is 22.5. The monoisotopic (exact) mass is 1000 g/mol. The molecule has 0 bridgehead atoms. The van der Waals surface area contributed by atoms with Crippen LogP contribution in [-0.4, -0.2) is 57.3 Å². The van der Waals surface area contributed by atoms with Gasteiger partial charge in [-0.1, -0.05) is 334 Å². The predicted molar refractivity (Wildman–Crippen MR) is 311 cm³/mol. The smallest absolute Gasteiger partial charge is 0.249 e. The number of nitrogens with one attached hydrogen (secondary N) is 1. The van der Waals surface area contributed by atoms with Crippen LogP contribution >= 0.6 is 0 Å². The van der Waals surface area contributed by atoms with Crippen molar-refractivity contribution < 1.29 is 25.2 Å². The van der Waals surface area contributed by atoms with Crippen molar-refractivity contribution >= 4 is 5.91 Å².